The summed E-state index contributed by atoms with van der Waals surface area (Å²) in [5.41, 5.74) is 4.34. The van der Waals surface area contributed by atoms with Crippen molar-refractivity contribution in [2.75, 3.05) is 31.1 Å². The van der Waals surface area contributed by atoms with Crippen LogP contribution in [0.4, 0.5) is 5.82 Å². The number of benzene rings is 1. The zero-order valence-electron chi connectivity index (χ0n) is 13.9. The van der Waals surface area contributed by atoms with E-state index in [1.54, 1.807) is 4.90 Å². The number of nitriles is 1. The summed E-state index contributed by atoms with van der Waals surface area (Å²) in [4.78, 5) is 7.33. The lowest BCUT2D eigenvalue weighted by molar-refractivity contribution is -0.914. The van der Waals surface area contributed by atoms with Gasteiger partial charge in [0, 0.05) is 5.56 Å². The molecule has 4 nitrogen and oxygen atoms in total. The van der Waals surface area contributed by atoms with E-state index in [4.69, 9.17) is 0 Å². The number of nitrogens with one attached hydrogen (secondary N) is 2. The molecular weight excluding hydrogens is 284 g/mol. The van der Waals surface area contributed by atoms with E-state index in [2.05, 4.69) is 53.2 Å². The number of hydrogen-bond donors (Lipinski definition) is 1. The molecule has 0 spiro atoms. The third-order valence-corrected chi connectivity index (χ3v) is 4.58. The van der Waals surface area contributed by atoms with E-state index >= 15 is 0 Å². The lowest BCUT2D eigenvalue weighted by Crippen LogP contribution is -3.13. The number of nitrogens with zero attached hydrogens (tertiary/aromatic N) is 2. The van der Waals surface area contributed by atoms with Gasteiger partial charge in [-0.05, 0) is 25.5 Å². The summed E-state index contributed by atoms with van der Waals surface area (Å²) in [6.07, 6.45) is 0. The molecule has 1 saturated heterocycles. The van der Waals surface area contributed by atoms with Crippen molar-refractivity contribution in [1.29, 1.82) is 5.26 Å². The molecule has 4 heteroatoms. The van der Waals surface area contributed by atoms with Gasteiger partial charge in [0.2, 0.25) is 0 Å². The molecule has 0 amide bonds. The van der Waals surface area contributed by atoms with Gasteiger partial charge in [0.1, 0.15) is 44.4 Å². The highest BCUT2D eigenvalue weighted by Gasteiger charge is 2.29. The van der Waals surface area contributed by atoms with Gasteiger partial charge in [-0.2, -0.15) is 5.26 Å². The zero-order valence-corrected chi connectivity index (χ0v) is 13.9. The molecule has 0 radical (unpaired) electrons. The standard InChI is InChI=1S/C19H22N4/c1-15-12-16(2)21-19(18(15)13-20)23-10-8-22(9-11-23)14-17-6-4-3-5-7-17/h3-7,12H,8-11,14H2,1-2H3/p+2. The number of anilines is 1. The van der Waals surface area contributed by atoms with Crippen LogP contribution in [-0.2, 0) is 6.54 Å². The average Bonchev–Trinajstić information content (AvgIpc) is 2.56. The first-order chi connectivity index (χ1) is 11.2. The summed E-state index contributed by atoms with van der Waals surface area (Å²) in [5.74, 6) is 0.990. The molecule has 2 aromatic rings. The fourth-order valence-electron chi connectivity index (χ4n) is 3.36. The maximum atomic E-state index is 9.47. The number of H-pyrrole nitrogens is 1. The molecule has 1 aromatic heterocycles. The van der Waals surface area contributed by atoms with Crippen LogP contribution in [0.15, 0.2) is 36.4 Å². The molecule has 0 aliphatic carbocycles. The normalized spacial score (nSPS) is 15.4. The fourth-order valence-corrected chi connectivity index (χ4v) is 3.36. The first-order valence-corrected chi connectivity index (χ1v) is 8.23. The largest absolute Gasteiger partial charge is 0.325 e. The third-order valence-electron chi connectivity index (χ3n) is 4.58. The Labute approximate surface area is 138 Å². The Morgan fingerprint density at radius 2 is 1.87 bits per heavy atom. The van der Waals surface area contributed by atoms with Crippen molar-refractivity contribution >= 4 is 5.82 Å². The Kier molecular flexibility index (Phi) is 4.59. The SMILES string of the molecule is Cc1cc(C)c(C#N)c(N2CC[NH+](Cc3ccccc3)CC2)[nH+]1. The van der Waals surface area contributed by atoms with Gasteiger partial charge in [0.15, 0.2) is 0 Å². The molecule has 1 aliphatic heterocycles. The Bertz CT molecular complexity index is 710. The topological polar surface area (TPSA) is 45.6 Å². The van der Waals surface area contributed by atoms with Gasteiger partial charge in [-0.1, -0.05) is 30.3 Å². The summed E-state index contributed by atoms with van der Waals surface area (Å²) >= 11 is 0. The molecular formula is C19H24N4+2. The molecule has 1 aliphatic rings. The van der Waals surface area contributed by atoms with Crippen molar-refractivity contribution in [3.05, 3.63) is 58.8 Å². The van der Waals surface area contributed by atoms with Crippen LogP contribution in [0, 0.1) is 25.2 Å². The van der Waals surface area contributed by atoms with E-state index in [9.17, 15) is 5.26 Å². The summed E-state index contributed by atoms with van der Waals surface area (Å²) in [7, 11) is 0. The lowest BCUT2D eigenvalue weighted by atomic mass is 10.1. The predicted octanol–water partition coefficient (Wildman–Crippen LogP) is 0.894. The molecule has 2 N–H and O–H groups in total. The van der Waals surface area contributed by atoms with Crippen LogP contribution in [0.5, 0.6) is 0 Å². The van der Waals surface area contributed by atoms with E-state index in [1.165, 1.54) is 5.56 Å². The molecule has 0 unspecified atom stereocenters. The van der Waals surface area contributed by atoms with Gasteiger partial charge >= 0.3 is 0 Å². The van der Waals surface area contributed by atoms with Crippen molar-refractivity contribution in [1.82, 2.24) is 0 Å². The number of piperazine rings is 1. The van der Waals surface area contributed by atoms with Crippen LogP contribution >= 0.6 is 0 Å². The fraction of sp³-hybridized carbons (Fsp3) is 0.368. The second kappa shape index (κ2) is 6.80. The minimum Gasteiger partial charge on any atom is -0.325 e. The van der Waals surface area contributed by atoms with Crippen molar-refractivity contribution in [3.8, 4) is 6.07 Å². The number of aromatic nitrogens is 1. The Morgan fingerprint density at radius 3 is 2.52 bits per heavy atom. The molecule has 1 fully saturated rings. The second-order valence-corrected chi connectivity index (χ2v) is 6.37. The Hall–Kier alpha value is -2.38. The van der Waals surface area contributed by atoms with Gasteiger partial charge < -0.3 is 4.90 Å². The summed E-state index contributed by atoms with van der Waals surface area (Å²) in [5, 5.41) is 9.47. The van der Waals surface area contributed by atoms with Gasteiger partial charge in [-0.15, -0.1) is 0 Å². The Morgan fingerprint density at radius 1 is 1.17 bits per heavy atom. The molecule has 0 atom stereocenters. The predicted molar refractivity (Wildman–Crippen MR) is 90.2 cm³/mol. The van der Waals surface area contributed by atoms with Crippen molar-refractivity contribution in [2.45, 2.75) is 20.4 Å². The highest BCUT2D eigenvalue weighted by atomic mass is 15.3. The number of aryl methyl sites for hydroxylation is 2. The molecule has 0 bridgehead atoms. The van der Waals surface area contributed by atoms with Crippen LogP contribution < -0.4 is 14.8 Å². The summed E-state index contributed by atoms with van der Waals surface area (Å²) in [6, 6.07) is 15.1. The summed E-state index contributed by atoms with van der Waals surface area (Å²) in [6.45, 7) is 9.30. The number of pyridine rings is 1. The van der Waals surface area contributed by atoms with E-state index in [1.807, 2.05) is 13.0 Å². The zero-order chi connectivity index (χ0) is 16.2. The third kappa shape index (κ3) is 3.52. The van der Waals surface area contributed by atoms with Gasteiger partial charge in [-0.3, -0.25) is 0 Å². The van der Waals surface area contributed by atoms with E-state index in [0.717, 1.165) is 55.4 Å². The molecule has 1 aromatic carbocycles. The minimum absolute atomic E-state index is 0.780. The number of hydrogen-bond acceptors (Lipinski definition) is 2. The monoisotopic (exact) mass is 308 g/mol. The van der Waals surface area contributed by atoms with Crippen LogP contribution in [0.1, 0.15) is 22.4 Å². The molecule has 2 heterocycles. The van der Waals surface area contributed by atoms with Crippen molar-refractivity contribution < 1.29 is 9.88 Å². The first kappa shape index (κ1) is 15.5. The highest BCUT2D eigenvalue weighted by molar-refractivity contribution is 5.54. The maximum absolute atomic E-state index is 9.47. The van der Waals surface area contributed by atoms with Crippen LogP contribution in [0.3, 0.4) is 0 Å². The Balaban J connectivity index is 1.69. The number of quaternary nitrogens is 1. The van der Waals surface area contributed by atoms with E-state index in [-0.39, 0.29) is 0 Å². The molecule has 23 heavy (non-hydrogen) atoms. The number of aromatic amines is 1. The van der Waals surface area contributed by atoms with Crippen LogP contribution in [0.2, 0.25) is 0 Å². The van der Waals surface area contributed by atoms with Gasteiger partial charge in [0.05, 0.1) is 5.69 Å². The molecule has 118 valence electrons. The van der Waals surface area contributed by atoms with Gasteiger partial charge in [-0.25, -0.2) is 9.88 Å². The van der Waals surface area contributed by atoms with Crippen molar-refractivity contribution in [2.24, 2.45) is 0 Å². The molecule has 0 saturated carbocycles. The smallest absolute Gasteiger partial charge is 0.293 e. The van der Waals surface area contributed by atoms with E-state index < -0.39 is 0 Å². The van der Waals surface area contributed by atoms with Crippen LogP contribution in [0.25, 0.3) is 0 Å². The minimum atomic E-state index is 0.780. The highest BCUT2D eigenvalue weighted by Crippen LogP contribution is 2.18. The van der Waals surface area contributed by atoms with Crippen molar-refractivity contribution in [3.63, 3.8) is 0 Å². The first-order valence-electron chi connectivity index (χ1n) is 8.23. The van der Waals surface area contributed by atoms with Gasteiger partial charge in [0.25, 0.3) is 5.82 Å². The quantitative estimate of drug-likeness (QED) is 0.915. The molecule has 3 rings (SSSR count). The summed E-state index contributed by atoms with van der Waals surface area (Å²) < 4.78 is 0. The van der Waals surface area contributed by atoms with Crippen LogP contribution in [-0.4, -0.2) is 26.2 Å². The lowest BCUT2D eigenvalue weighted by Gasteiger charge is -2.29. The van der Waals surface area contributed by atoms with E-state index in [0.29, 0.717) is 0 Å². The maximum Gasteiger partial charge on any atom is 0.293 e. The second-order valence-electron chi connectivity index (χ2n) is 6.37. The average molecular weight is 308 g/mol. The number of rotatable bonds is 3.